The summed E-state index contributed by atoms with van der Waals surface area (Å²) in [5.74, 6) is 0. The average molecular weight is 294 g/mol. The number of alkyl halides is 1. The molecule has 0 aromatic carbocycles. The molecule has 1 aliphatic rings. The first-order valence-electron chi connectivity index (χ1n) is 4.88. The second kappa shape index (κ2) is 5.20. The summed E-state index contributed by atoms with van der Waals surface area (Å²) in [6.45, 7) is 13.3. The third-order valence-electron chi connectivity index (χ3n) is 2.65. The summed E-state index contributed by atoms with van der Waals surface area (Å²) in [7, 11) is 0. The maximum atomic E-state index is 4.07. The first-order valence-corrected chi connectivity index (χ1v) is 6.40. The van der Waals surface area contributed by atoms with Gasteiger partial charge in [0.1, 0.15) is 0 Å². The van der Waals surface area contributed by atoms with Crippen molar-refractivity contribution < 1.29 is 0 Å². The molecular formula is C10H19IN2. The molecule has 1 saturated heterocycles. The minimum atomic E-state index is 0.690. The van der Waals surface area contributed by atoms with E-state index in [1.165, 1.54) is 18.8 Å². The molecule has 0 N–H and O–H groups in total. The highest BCUT2D eigenvalue weighted by molar-refractivity contribution is 14.1. The van der Waals surface area contributed by atoms with Crippen molar-refractivity contribution in [3.8, 4) is 0 Å². The lowest BCUT2D eigenvalue weighted by Crippen LogP contribution is -2.48. The van der Waals surface area contributed by atoms with Crippen LogP contribution in [0, 0.1) is 0 Å². The predicted molar refractivity (Wildman–Crippen MR) is 66.3 cm³/mol. The van der Waals surface area contributed by atoms with Crippen LogP contribution in [0.4, 0.5) is 0 Å². The molecule has 0 aromatic rings. The van der Waals surface area contributed by atoms with E-state index in [-0.39, 0.29) is 0 Å². The van der Waals surface area contributed by atoms with Gasteiger partial charge in [-0.05, 0) is 13.8 Å². The molecule has 0 aliphatic carbocycles. The van der Waals surface area contributed by atoms with Gasteiger partial charge in [-0.25, -0.2) is 0 Å². The second-order valence-corrected chi connectivity index (χ2v) is 4.58. The number of rotatable bonds is 3. The summed E-state index contributed by atoms with van der Waals surface area (Å²) in [6.07, 6.45) is 0. The number of nitrogens with zero attached hydrogens (tertiary/aromatic N) is 2. The minimum absolute atomic E-state index is 0.690. The number of hydrogen-bond acceptors (Lipinski definition) is 2. The van der Waals surface area contributed by atoms with Gasteiger partial charge in [-0.1, -0.05) is 29.2 Å². The summed E-state index contributed by atoms with van der Waals surface area (Å²) in [4.78, 5) is 4.93. The Labute approximate surface area is 95.1 Å². The van der Waals surface area contributed by atoms with Gasteiger partial charge in [0.25, 0.3) is 0 Å². The maximum Gasteiger partial charge on any atom is 0.0391 e. The molecule has 0 unspecified atom stereocenters. The first kappa shape index (κ1) is 11.3. The van der Waals surface area contributed by atoms with Crippen LogP contribution in [0.5, 0.6) is 0 Å². The van der Waals surface area contributed by atoms with Gasteiger partial charge in [0, 0.05) is 42.3 Å². The van der Waals surface area contributed by atoms with Crippen LogP contribution in [0.2, 0.25) is 0 Å². The van der Waals surface area contributed by atoms with E-state index < -0.39 is 0 Å². The van der Waals surface area contributed by atoms with Crippen LogP contribution < -0.4 is 0 Å². The smallest absolute Gasteiger partial charge is 0.0391 e. The standard InChI is InChI=1S/C10H19IN2/c1-9(2)12-4-6-13(7-5-12)10(3)8-11/h9H,3-8H2,1-2H3. The van der Waals surface area contributed by atoms with Crippen molar-refractivity contribution in [3.63, 3.8) is 0 Å². The molecule has 0 bridgehead atoms. The summed E-state index contributed by atoms with van der Waals surface area (Å²) in [5, 5.41) is 0. The van der Waals surface area contributed by atoms with Crippen LogP contribution in [-0.2, 0) is 0 Å². The van der Waals surface area contributed by atoms with Crippen LogP contribution in [-0.4, -0.2) is 46.4 Å². The lowest BCUT2D eigenvalue weighted by molar-refractivity contribution is 0.131. The Morgan fingerprint density at radius 1 is 1.31 bits per heavy atom. The number of allylic oxidation sites excluding steroid dienone is 1. The summed E-state index contributed by atoms with van der Waals surface area (Å²) < 4.78 is 1.05. The molecule has 1 rings (SSSR count). The van der Waals surface area contributed by atoms with Gasteiger partial charge >= 0.3 is 0 Å². The van der Waals surface area contributed by atoms with E-state index >= 15 is 0 Å². The summed E-state index contributed by atoms with van der Waals surface area (Å²) in [6, 6.07) is 0.690. The first-order chi connectivity index (χ1) is 6.15. The zero-order valence-corrected chi connectivity index (χ0v) is 10.7. The fraction of sp³-hybridized carbons (Fsp3) is 0.800. The summed E-state index contributed by atoms with van der Waals surface area (Å²) in [5.41, 5.74) is 1.28. The normalized spacial score (nSPS) is 19.5. The molecule has 2 nitrogen and oxygen atoms in total. The van der Waals surface area contributed by atoms with E-state index in [1.54, 1.807) is 0 Å². The van der Waals surface area contributed by atoms with Crippen LogP contribution in [0.1, 0.15) is 13.8 Å². The topological polar surface area (TPSA) is 6.48 Å². The molecule has 0 aromatic heterocycles. The molecule has 1 fully saturated rings. The van der Waals surface area contributed by atoms with Crippen molar-refractivity contribution in [3.05, 3.63) is 12.3 Å². The van der Waals surface area contributed by atoms with E-state index in [1.807, 2.05) is 0 Å². The van der Waals surface area contributed by atoms with E-state index in [0.29, 0.717) is 6.04 Å². The molecule has 3 heteroatoms. The highest BCUT2D eigenvalue weighted by atomic mass is 127. The van der Waals surface area contributed by atoms with Gasteiger partial charge in [-0.3, -0.25) is 4.90 Å². The number of hydrogen-bond donors (Lipinski definition) is 0. The zero-order chi connectivity index (χ0) is 9.84. The lowest BCUT2D eigenvalue weighted by Gasteiger charge is -2.38. The lowest BCUT2D eigenvalue weighted by atomic mass is 10.2. The largest absolute Gasteiger partial charge is 0.372 e. The molecule has 76 valence electrons. The van der Waals surface area contributed by atoms with Gasteiger partial charge in [0.15, 0.2) is 0 Å². The van der Waals surface area contributed by atoms with Crippen molar-refractivity contribution in [2.75, 3.05) is 30.6 Å². The molecule has 0 saturated carbocycles. The number of piperazine rings is 1. The third-order valence-corrected chi connectivity index (χ3v) is 3.53. The summed E-state index contributed by atoms with van der Waals surface area (Å²) >= 11 is 2.38. The SMILES string of the molecule is C=C(CI)N1CCN(C(C)C)CC1. The second-order valence-electron chi connectivity index (χ2n) is 3.82. The van der Waals surface area contributed by atoms with Gasteiger partial charge in [0.2, 0.25) is 0 Å². The van der Waals surface area contributed by atoms with Gasteiger partial charge < -0.3 is 4.90 Å². The molecule has 0 atom stereocenters. The monoisotopic (exact) mass is 294 g/mol. The zero-order valence-electron chi connectivity index (χ0n) is 8.59. The van der Waals surface area contributed by atoms with Crippen molar-refractivity contribution in [2.24, 2.45) is 0 Å². The van der Waals surface area contributed by atoms with Gasteiger partial charge in [-0.15, -0.1) is 0 Å². The number of halogens is 1. The Kier molecular flexibility index (Phi) is 4.52. The Balaban J connectivity index is 2.34. The van der Waals surface area contributed by atoms with Crippen LogP contribution in [0.15, 0.2) is 12.3 Å². The van der Waals surface area contributed by atoms with Crippen molar-refractivity contribution in [1.29, 1.82) is 0 Å². The molecule has 13 heavy (non-hydrogen) atoms. The maximum absolute atomic E-state index is 4.07. The van der Waals surface area contributed by atoms with Crippen LogP contribution in [0.25, 0.3) is 0 Å². The molecule has 0 spiro atoms. The fourth-order valence-corrected chi connectivity index (χ4v) is 2.12. The average Bonchev–Trinajstić information content (AvgIpc) is 2.17. The quantitative estimate of drug-likeness (QED) is 0.580. The fourth-order valence-electron chi connectivity index (χ4n) is 1.64. The molecule has 0 radical (unpaired) electrons. The Hall–Kier alpha value is 0.230. The Morgan fingerprint density at radius 3 is 2.23 bits per heavy atom. The highest BCUT2D eigenvalue weighted by Crippen LogP contribution is 2.11. The molecule has 1 heterocycles. The van der Waals surface area contributed by atoms with Crippen molar-refractivity contribution in [1.82, 2.24) is 9.80 Å². The predicted octanol–water partition coefficient (Wildman–Crippen LogP) is 1.96. The molecule has 0 amide bonds. The Bertz CT molecular complexity index is 172. The Morgan fingerprint density at radius 2 is 1.85 bits per heavy atom. The molecule has 1 aliphatic heterocycles. The van der Waals surface area contributed by atoms with E-state index in [0.717, 1.165) is 17.5 Å². The van der Waals surface area contributed by atoms with Crippen molar-refractivity contribution >= 4 is 22.6 Å². The van der Waals surface area contributed by atoms with Gasteiger partial charge in [0.05, 0.1) is 0 Å². The van der Waals surface area contributed by atoms with E-state index in [4.69, 9.17) is 0 Å². The van der Waals surface area contributed by atoms with Gasteiger partial charge in [-0.2, -0.15) is 0 Å². The van der Waals surface area contributed by atoms with Crippen molar-refractivity contribution in [2.45, 2.75) is 19.9 Å². The van der Waals surface area contributed by atoms with Crippen LogP contribution in [0.3, 0.4) is 0 Å². The minimum Gasteiger partial charge on any atom is -0.372 e. The molecular weight excluding hydrogens is 275 g/mol. The third kappa shape index (κ3) is 3.13. The van der Waals surface area contributed by atoms with Crippen LogP contribution >= 0.6 is 22.6 Å². The van der Waals surface area contributed by atoms with E-state index in [2.05, 4.69) is 52.8 Å². The highest BCUT2D eigenvalue weighted by Gasteiger charge is 2.18. The van der Waals surface area contributed by atoms with E-state index in [9.17, 15) is 0 Å².